The van der Waals surface area contributed by atoms with E-state index >= 15 is 0 Å². The van der Waals surface area contributed by atoms with Gasteiger partial charge in [-0.2, -0.15) is 0 Å². The van der Waals surface area contributed by atoms with Gasteiger partial charge < -0.3 is 4.74 Å². The Morgan fingerprint density at radius 2 is 2.12 bits per heavy atom. The van der Waals surface area contributed by atoms with Gasteiger partial charge in [-0.3, -0.25) is 9.59 Å². The van der Waals surface area contributed by atoms with Crippen molar-refractivity contribution in [3.05, 3.63) is 11.6 Å². The smallest absolute Gasteiger partial charge is 0.308 e. The summed E-state index contributed by atoms with van der Waals surface area (Å²) in [4.78, 5) is 23.3. The van der Waals surface area contributed by atoms with Gasteiger partial charge in [0.15, 0.2) is 5.78 Å². The van der Waals surface area contributed by atoms with E-state index in [2.05, 4.69) is 0 Å². The Morgan fingerprint density at radius 3 is 2.75 bits per heavy atom. The fourth-order valence-corrected chi connectivity index (χ4v) is 2.14. The molecule has 16 heavy (non-hydrogen) atoms. The summed E-state index contributed by atoms with van der Waals surface area (Å²) < 4.78 is 4.78. The number of allylic oxidation sites excluding steroid dienone is 2. The van der Waals surface area contributed by atoms with E-state index in [1.165, 1.54) is 7.11 Å². The number of methoxy groups -OCH3 is 1. The Morgan fingerprint density at radius 1 is 1.38 bits per heavy atom. The van der Waals surface area contributed by atoms with E-state index in [0.717, 1.165) is 31.3 Å². The zero-order valence-corrected chi connectivity index (χ0v) is 10.1. The Balaban J connectivity index is 2.77. The van der Waals surface area contributed by atoms with Crippen molar-refractivity contribution in [2.45, 2.75) is 45.4 Å². The molecule has 3 heteroatoms. The molecule has 3 nitrogen and oxygen atoms in total. The molecule has 1 unspecified atom stereocenters. The molecule has 1 aliphatic carbocycles. The minimum atomic E-state index is -0.186. The molecule has 1 atom stereocenters. The summed E-state index contributed by atoms with van der Waals surface area (Å²) in [6.07, 6.45) is 6.79. The molecule has 0 spiro atoms. The molecule has 1 aliphatic rings. The van der Waals surface area contributed by atoms with E-state index < -0.39 is 0 Å². The lowest BCUT2D eigenvalue weighted by Crippen LogP contribution is -2.18. The maximum Gasteiger partial charge on any atom is 0.308 e. The van der Waals surface area contributed by atoms with E-state index in [-0.39, 0.29) is 17.7 Å². The van der Waals surface area contributed by atoms with Crippen LogP contribution in [0, 0.1) is 5.92 Å². The summed E-state index contributed by atoms with van der Waals surface area (Å²) in [6.45, 7) is 1.86. The van der Waals surface area contributed by atoms with Crippen molar-refractivity contribution in [2.24, 2.45) is 5.92 Å². The minimum Gasteiger partial charge on any atom is -0.469 e. The summed E-state index contributed by atoms with van der Waals surface area (Å²) in [5.74, 6) is -0.134. The molecule has 0 amide bonds. The number of rotatable bonds is 1. The molecule has 0 bridgehead atoms. The molecule has 0 heterocycles. The van der Waals surface area contributed by atoms with Gasteiger partial charge in [-0.05, 0) is 31.8 Å². The highest BCUT2D eigenvalue weighted by atomic mass is 16.5. The van der Waals surface area contributed by atoms with Crippen LogP contribution in [0.1, 0.15) is 45.4 Å². The van der Waals surface area contributed by atoms with Gasteiger partial charge in [0.2, 0.25) is 0 Å². The number of esters is 1. The van der Waals surface area contributed by atoms with Gasteiger partial charge >= 0.3 is 5.97 Å². The summed E-state index contributed by atoms with van der Waals surface area (Å²) in [5.41, 5.74) is 0.789. The first-order valence-corrected chi connectivity index (χ1v) is 5.95. The van der Waals surface area contributed by atoms with Gasteiger partial charge in [0, 0.05) is 6.42 Å². The third kappa shape index (κ3) is 3.47. The molecule has 1 saturated carbocycles. The molecular weight excluding hydrogens is 204 g/mol. The van der Waals surface area contributed by atoms with Crippen molar-refractivity contribution in [1.82, 2.24) is 0 Å². The first-order chi connectivity index (χ1) is 7.69. The van der Waals surface area contributed by atoms with Crippen LogP contribution in [-0.4, -0.2) is 18.9 Å². The van der Waals surface area contributed by atoms with Crippen LogP contribution in [0.2, 0.25) is 0 Å². The van der Waals surface area contributed by atoms with Crippen LogP contribution in [0.25, 0.3) is 0 Å². The van der Waals surface area contributed by atoms with Crippen molar-refractivity contribution in [2.75, 3.05) is 7.11 Å². The van der Waals surface area contributed by atoms with Crippen molar-refractivity contribution < 1.29 is 14.3 Å². The van der Waals surface area contributed by atoms with Crippen LogP contribution >= 0.6 is 0 Å². The molecule has 1 fully saturated rings. The van der Waals surface area contributed by atoms with Crippen molar-refractivity contribution in [1.29, 1.82) is 0 Å². The fraction of sp³-hybridized carbons (Fsp3) is 0.692. The second-order valence-corrected chi connectivity index (χ2v) is 4.26. The highest BCUT2D eigenvalue weighted by molar-refractivity contribution is 5.95. The first-order valence-electron chi connectivity index (χ1n) is 5.95. The van der Waals surface area contributed by atoms with Crippen LogP contribution in [0.15, 0.2) is 11.6 Å². The molecule has 0 saturated heterocycles. The molecule has 90 valence electrons. The molecule has 0 aromatic heterocycles. The monoisotopic (exact) mass is 224 g/mol. The van der Waals surface area contributed by atoms with Crippen molar-refractivity contribution >= 4 is 11.8 Å². The highest BCUT2D eigenvalue weighted by Crippen LogP contribution is 2.24. The van der Waals surface area contributed by atoms with Gasteiger partial charge in [0.05, 0.1) is 13.0 Å². The SMILES string of the molecule is C/C=C1\CC(C(=O)OC)CCCCCC1=O. The Labute approximate surface area is 96.9 Å². The number of carbonyl (C=O) groups excluding carboxylic acids is 2. The second kappa shape index (κ2) is 6.46. The Hall–Kier alpha value is -1.12. The number of ketones is 1. The number of ether oxygens (including phenoxy) is 1. The largest absolute Gasteiger partial charge is 0.469 e. The summed E-state index contributed by atoms with van der Waals surface area (Å²) in [5, 5.41) is 0. The molecule has 0 aromatic carbocycles. The fourth-order valence-electron chi connectivity index (χ4n) is 2.14. The first kappa shape index (κ1) is 12.9. The number of Topliss-reactive ketones (excluding diaryl/α,β-unsaturated/α-hetero) is 1. The average Bonchev–Trinajstić information content (AvgIpc) is 2.39. The maximum atomic E-state index is 11.8. The summed E-state index contributed by atoms with van der Waals surface area (Å²) in [6, 6.07) is 0. The standard InChI is InChI=1S/C13H20O3/c1-3-10-9-11(13(15)16-2)7-5-4-6-8-12(10)14/h3,11H,4-9H2,1-2H3/b10-3+. The predicted octanol–water partition coefficient (Wildman–Crippen LogP) is 2.65. The van der Waals surface area contributed by atoms with Crippen molar-refractivity contribution in [3.8, 4) is 0 Å². The van der Waals surface area contributed by atoms with Gasteiger partial charge in [-0.15, -0.1) is 0 Å². The Bertz CT molecular complexity index is 292. The minimum absolute atomic E-state index is 0.141. The van der Waals surface area contributed by atoms with Crippen LogP contribution in [-0.2, 0) is 14.3 Å². The molecule has 0 N–H and O–H groups in total. The second-order valence-electron chi connectivity index (χ2n) is 4.26. The predicted molar refractivity (Wildman–Crippen MR) is 62.0 cm³/mol. The lowest BCUT2D eigenvalue weighted by molar-refractivity contribution is -0.145. The topological polar surface area (TPSA) is 43.4 Å². The average molecular weight is 224 g/mol. The molecule has 1 rings (SSSR count). The summed E-state index contributed by atoms with van der Waals surface area (Å²) in [7, 11) is 1.41. The molecule has 0 aromatic rings. The quantitative estimate of drug-likeness (QED) is 0.508. The van der Waals surface area contributed by atoms with Crippen LogP contribution in [0.3, 0.4) is 0 Å². The molecule has 0 radical (unpaired) electrons. The Kier molecular flexibility index (Phi) is 5.23. The van der Waals surface area contributed by atoms with E-state index in [9.17, 15) is 9.59 Å². The zero-order chi connectivity index (χ0) is 12.0. The van der Waals surface area contributed by atoms with Crippen LogP contribution < -0.4 is 0 Å². The van der Waals surface area contributed by atoms with E-state index in [4.69, 9.17) is 4.74 Å². The van der Waals surface area contributed by atoms with Gasteiger partial charge in [0.25, 0.3) is 0 Å². The maximum absolute atomic E-state index is 11.8. The third-order valence-corrected chi connectivity index (χ3v) is 3.16. The number of hydrogen-bond donors (Lipinski definition) is 0. The van der Waals surface area contributed by atoms with Gasteiger partial charge in [0.1, 0.15) is 0 Å². The lowest BCUT2D eigenvalue weighted by Gasteiger charge is -2.14. The van der Waals surface area contributed by atoms with Crippen LogP contribution in [0.5, 0.6) is 0 Å². The van der Waals surface area contributed by atoms with E-state index in [1.54, 1.807) is 0 Å². The van der Waals surface area contributed by atoms with Gasteiger partial charge in [-0.25, -0.2) is 0 Å². The normalized spacial score (nSPS) is 25.8. The number of carbonyl (C=O) groups is 2. The summed E-state index contributed by atoms with van der Waals surface area (Å²) >= 11 is 0. The number of hydrogen-bond acceptors (Lipinski definition) is 3. The zero-order valence-electron chi connectivity index (χ0n) is 10.1. The van der Waals surface area contributed by atoms with Gasteiger partial charge in [-0.1, -0.05) is 18.9 Å². The highest BCUT2D eigenvalue weighted by Gasteiger charge is 2.23. The van der Waals surface area contributed by atoms with E-state index in [1.807, 2.05) is 13.0 Å². The molecule has 0 aliphatic heterocycles. The third-order valence-electron chi connectivity index (χ3n) is 3.16. The van der Waals surface area contributed by atoms with Crippen molar-refractivity contribution in [3.63, 3.8) is 0 Å². The molecular formula is C13H20O3. The lowest BCUT2D eigenvalue weighted by atomic mass is 9.93. The van der Waals surface area contributed by atoms with Crippen LogP contribution in [0.4, 0.5) is 0 Å². The van der Waals surface area contributed by atoms with E-state index in [0.29, 0.717) is 12.8 Å².